The van der Waals surface area contributed by atoms with Crippen LogP contribution in [-0.2, 0) is 12.7 Å². The number of guanidine groups is 1. The lowest BCUT2D eigenvalue weighted by Gasteiger charge is -2.26. The minimum absolute atomic E-state index is 0. The minimum atomic E-state index is -4.28. The van der Waals surface area contributed by atoms with Crippen molar-refractivity contribution in [2.45, 2.75) is 44.1 Å². The molecular weight excluding hydrogens is 506 g/mol. The van der Waals surface area contributed by atoms with Crippen molar-refractivity contribution >= 4 is 29.9 Å². The van der Waals surface area contributed by atoms with E-state index in [1.165, 1.54) is 12.8 Å². The summed E-state index contributed by atoms with van der Waals surface area (Å²) >= 11 is 0. The number of likely N-dealkylation sites (N-methyl/N-ethyl adjacent to an activating group) is 1. The Morgan fingerprint density at radius 1 is 1.20 bits per heavy atom. The molecule has 1 aromatic carbocycles. The molecular formula is C21H33F3IN5. The van der Waals surface area contributed by atoms with E-state index in [1.54, 1.807) is 19.2 Å². The summed E-state index contributed by atoms with van der Waals surface area (Å²) in [6, 6.07) is 6.27. The van der Waals surface area contributed by atoms with E-state index in [9.17, 15) is 13.2 Å². The van der Waals surface area contributed by atoms with Crippen LogP contribution in [0.4, 0.5) is 13.2 Å². The molecule has 0 radical (unpaired) electrons. The van der Waals surface area contributed by atoms with Crippen LogP contribution in [0.25, 0.3) is 0 Å². The molecule has 2 aliphatic rings. The molecule has 1 aliphatic heterocycles. The topological polar surface area (TPSA) is 42.9 Å². The molecule has 5 nitrogen and oxygen atoms in total. The molecule has 1 aliphatic carbocycles. The molecule has 1 aromatic rings. The van der Waals surface area contributed by atoms with Crippen LogP contribution in [0, 0.1) is 5.92 Å². The van der Waals surface area contributed by atoms with Crippen LogP contribution >= 0.6 is 24.0 Å². The van der Waals surface area contributed by atoms with Crippen LogP contribution in [0.5, 0.6) is 0 Å². The third kappa shape index (κ3) is 7.26. The lowest BCUT2D eigenvalue weighted by Crippen LogP contribution is -2.49. The zero-order valence-electron chi connectivity index (χ0n) is 17.9. The van der Waals surface area contributed by atoms with E-state index < -0.39 is 11.7 Å². The molecule has 2 atom stereocenters. The van der Waals surface area contributed by atoms with Crippen LogP contribution in [0.3, 0.4) is 0 Å². The number of halogens is 4. The molecule has 2 fully saturated rings. The molecule has 9 heteroatoms. The van der Waals surface area contributed by atoms with Gasteiger partial charge in [0.2, 0.25) is 0 Å². The largest absolute Gasteiger partial charge is 0.416 e. The van der Waals surface area contributed by atoms with Crippen molar-refractivity contribution in [2.75, 3.05) is 40.8 Å². The molecule has 0 bridgehead atoms. The summed E-state index contributed by atoms with van der Waals surface area (Å²) < 4.78 is 38.1. The number of aliphatic imine (C=N–C) groups is 1. The maximum absolute atomic E-state index is 12.7. The molecule has 2 N–H and O–H groups in total. The van der Waals surface area contributed by atoms with Crippen molar-refractivity contribution in [3.8, 4) is 0 Å². The van der Waals surface area contributed by atoms with Gasteiger partial charge in [-0.25, -0.2) is 0 Å². The van der Waals surface area contributed by atoms with Crippen LogP contribution in [0.1, 0.15) is 30.4 Å². The summed E-state index contributed by atoms with van der Waals surface area (Å²) in [5.41, 5.74) is 0.304. The molecule has 0 amide bonds. The van der Waals surface area contributed by atoms with E-state index in [-0.39, 0.29) is 30.0 Å². The van der Waals surface area contributed by atoms with E-state index in [2.05, 4.69) is 39.5 Å². The Balaban J connectivity index is 0.00000320. The highest BCUT2D eigenvalue weighted by Gasteiger charge is 2.33. The van der Waals surface area contributed by atoms with E-state index in [1.807, 2.05) is 0 Å². The Kier molecular flexibility index (Phi) is 9.23. The SMILES string of the molecule is CN=C(NCC(C1CC1)N(C)C)NC1CCN(Cc2ccc(C(F)(F)F)cc2)C1.I. The van der Waals surface area contributed by atoms with Gasteiger partial charge in [0, 0.05) is 45.3 Å². The molecule has 2 unspecified atom stereocenters. The Morgan fingerprint density at radius 3 is 2.40 bits per heavy atom. The molecule has 3 rings (SSSR count). The molecule has 0 aromatic heterocycles. The first-order valence-corrected chi connectivity index (χ1v) is 10.3. The predicted octanol–water partition coefficient (Wildman–Crippen LogP) is 3.40. The van der Waals surface area contributed by atoms with Crippen LogP contribution in [0.2, 0.25) is 0 Å². The third-order valence-electron chi connectivity index (χ3n) is 5.83. The molecule has 170 valence electrons. The zero-order valence-corrected chi connectivity index (χ0v) is 20.2. The number of alkyl halides is 3. The van der Waals surface area contributed by atoms with Gasteiger partial charge in [-0.15, -0.1) is 24.0 Å². The molecule has 0 spiro atoms. The fourth-order valence-corrected chi connectivity index (χ4v) is 3.99. The second kappa shape index (κ2) is 11.0. The number of likely N-dealkylation sites (tertiary alicyclic amines) is 1. The average Bonchev–Trinajstić information content (AvgIpc) is 3.40. The fourth-order valence-electron chi connectivity index (χ4n) is 3.99. The maximum Gasteiger partial charge on any atom is 0.416 e. The van der Waals surface area contributed by atoms with Gasteiger partial charge in [0.15, 0.2) is 5.96 Å². The highest BCUT2D eigenvalue weighted by molar-refractivity contribution is 14.0. The van der Waals surface area contributed by atoms with Crippen LogP contribution in [-0.4, -0.2) is 68.6 Å². The Morgan fingerprint density at radius 2 is 1.87 bits per heavy atom. The minimum Gasteiger partial charge on any atom is -0.355 e. The second-order valence-electron chi connectivity index (χ2n) is 8.38. The van der Waals surface area contributed by atoms with Gasteiger partial charge in [-0.05, 0) is 57.0 Å². The number of nitrogens with one attached hydrogen (secondary N) is 2. The second-order valence-corrected chi connectivity index (χ2v) is 8.38. The summed E-state index contributed by atoms with van der Waals surface area (Å²) in [5, 5.41) is 6.95. The van der Waals surface area contributed by atoms with Crippen molar-refractivity contribution in [3.63, 3.8) is 0 Å². The van der Waals surface area contributed by atoms with E-state index in [0.717, 1.165) is 55.6 Å². The van der Waals surface area contributed by atoms with Gasteiger partial charge in [-0.1, -0.05) is 12.1 Å². The van der Waals surface area contributed by atoms with Gasteiger partial charge in [-0.3, -0.25) is 9.89 Å². The number of hydrogen-bond donors (Lipinski definition) is 2. The molecule has 30 heavy (non-hydrogen) atoms. The van der Waals surface area contributed by atoms with Crippen molar-refractivity contribution in [3.05, 3.63) is 35.4 Å². The Hall–Kier alpha value is -1.07. The Bertz CT molecular complexity index is 687. The van der Waals surface area contributed by atoms with E-state index in [0.29, 0.717) is 12.6 Å². The number of rotatable bonds is 7. The summed E-state index contributed by atoms with van der Waals surface area (Å²) in [6.07, 6.45) is -0.688. The van der Waals surface area contributed by atoms with Crippen molar-refractivity contribution in [1.29, 1.82) is 0 Å². The van der Waals surface area contributed by atoms with E-state index in [4.69, 9.17) is 0 Å². The number of nitrogens with zero attached hydrogens (tertiary/aromatic N) is 3. The van der Waals surface area contributed by atoms with Crippen LogP contribution in [0.15, 0.2) is 29.3 Å². The monoisotopic (exact) mass is 539 g/mol. The third-order valence-corrected chi connectivity index (χ3v) is 5.83. The first-order valence-electron chi connectivity index (χ1n) is 10.3. The lowest BCUT2D eigenvalue weighted by molar-refractivity contribution is -0.137. The smallest absolute Gasteiger partial charge is 0.355 e. The van der Waals surface area contributed by atoms with Crippen molar-refractivity contribution < 1.29 is 13.2 Å². The summed E-state index contributed by atoms with van der Waals surface area (Å²) in [4.78, 5) is 8.90. The highest BCUT2D eigenvalue weighted by Crippen LogP contribution is 2.34. The highest BCUT2D eigenvalue weighted by atomic mass is 127. The van der Waals surface area contributed by atoms with Crippen molar-refractivity contribution in [1.82, 2.24) is 20.4 Å². The van der Waals surface area contributed by atoms with Gasteiger partial charge in [0.05, 0.1) is 5.56 Å². The van der Waals surface area contributed by atoms with Crippen LogP contribution < -0.4 is 10.6 Å². The maximum atomic E-state index is 12.7. The van der Waals surface area contributed by atoms with Gasteiger partial charge in [-0.2, -0.15) is 13.2 Å². The zero-order chi connectivity index (χ0) is 21.0. The molecule has 1 heterocycles. The molecule has 1 saturated carbocycles. The van der Waals surface area contributed by atoms with Gasteiger partial charge in [0.1, 0.15) is 0 Å². The lowest BCUT2D eigenvalue weighted by atomic mass is 10.1. The molecule has 1 saturated heterocycles. The van der Waals surface area contributed by atoms with Crippen molar-refractivity contribution in [2.24, 2.45) is 10.9 Å². The Labute approximate surface area is 194 Å². The summed E-state index contributed by atoms with van der Waals surface area (Å²) in [7, 11) is 6.03. The standard InChI is InChI=1S/C21H32F3N5.HI/c1-25-20(26-12-19(28(2)3)16-6-7-16)27-18-10-11-29(14-18)13-15-4-8-17(9-5-15)21(22,23)24;/h4-5,8-9,16,18-19H,6-7,10-14H2,1-3H3,(H2,25,26,27);1H. The predicted molar refractivity (Wildman–Crippen MR) is 125 cm³/mol. The van der Waals surface area contributed by atoms with Gasteiger partial charge in [0.25, 0.3) is 0 Å². The normalized spacial score (nSPS) is 21.4. The number of hydrogen-bond acceptors (Lipinski definition) is 3. The van der Waals surface area contributed by atoms with Gasteiger partial charge >= 0.3 is 6.18 Å². The average molecular weight is 539 g/mol. The summed E-state index contributed by atoms with van der Waals surface area (Å²) in [5.74, 6) is 1.60. The first kappa shape index (κ1) is 25.2. The van der Waals surface area contributed by atoms with E-state index >= 15 is 0 Å². The fraction of sp³-hybridized carbons (Fsp3) is 0.667. The first-order chi connectivity index (χ1) is 13.8. The number of benzene rings is 1. The quantitative estimate of drug-likeness (QED) is 0.317. The summed E-state index contributed by atoms with van der Waals surface area (Å²) in [6.45, 7) is 3.30. The van der Waals surface area contributed by atoms with Gasteiger partial charge < -0.3 is 15.5 Å².